The second-order valence-electron chi connectivity index (χ2n) is 6.81. The number of aromatic nitrogens is 2. The van der Waals surface area contributed by atoms with Gasteiger partial charge in [-0.05, 0) is 38.0 Å². The van der Waals surface area contributed by atoms with Crippen LogP contribution >= 0.6 is 0 Å². The number of carbonyl (C=O) groups excluding carboxylic acids is 1. The largest absolute Gasteiger partial charge is 0.393 e. The van der Waals surface area contributed by atoms with Gasteiger partial charge in [-0.2, -0.15) is 0 Å². The molecule has 22 heavy (non-hydrogen) atoms. The molecule has 3 rings (SSSR count). The van der Waals surface area contributed by atoms with Crippen molar-refractivity contribution in [1.29, 1.82) is 0 Å². The van der Waals surface area contributed by atoms with Crippen LogP contribution < -0.4 is 5.32 Å². The summed E-state index contributed by atoms with van der Waals surface area (Å²) < 4.78 is 2.13. The van der Waals surface area contributed by atoms with Gasteiger partial charge in [-0.25, -0.2) is 4.98 Å². The number of hydrogen-bond acceptors (Lipinski definition) is 3. The molecule has 5 heteroatoms. The SMILES string of the molecule is O=C(NCCCC1CCCCC1O)C1CCn2cncc2C1. The number of nitrogens with zero attached hydrogens (tertiary/aromatic N) is 2. The van der Waals surface area contributed by atoms with E-state index in [4.69, 9.17) is 0 Å². The van der Waals surface area contributed by atoms with E-state index in [1.54, 1.807) is 0 Å². The molecule has 1 amide bonds. The number of fused-ring (bicyclic) bond motifs is 1. The molecule has 1 aromatic rings. The van der Waals surface area contributed by atoms with Crippen molar-refractivity contribution in [2.24, 2.45) is 11.8 Å². The second-order valence-corrected chi connectivity index (χ2v) is 6.81. The normalized spacial score (nSPS) is 28.1. The maximum absolute atomic E-state index is 12.3. The van der Waals surface area contributed by atoms with Crippen molar-refractivity contribution in [3.8, 4) is 0 Å². The molecule has 1 aromatic heterocycles. The first-order valence-corrected chi connectivity index (χ1v) is 8.69. The molecule has 122 valence electrons. The third kappa shape index (κ3) is 3.69. The molecule has 1 saturated carbocycles. The fraction of sp³-hybridized carbons (Fsp3) is 0.765. The molecular weight excluding hydrogens is 278 g/mol. The molecule has 0 saturated heterocycles. The summed E-state index contributed by atoms with van der Waals surface area (Å²) >= 11 is 0. The zero-order valence-corrected chi connectivity index (χ0v) is 13.2. The van der Waals surface area contributed by atoms with Crippen LogP contribution in [0.2, 0.25) is 0 Å². The topological polar surface area (TPSA) is 67.2 Å². The van der Waals surface area contributed by atoms with E-state index < -0.39 is 0 Å². The molecule has 0 radical (unpaired) electrons. The van der Waals surface area contributed by atoms with E-state index in [0.29, 0.717) is 5.92 Å². The van der Waals surface area contributed by atoms with Crippen LogP contribution in [0.4, 0.5) is 0 Å². The number of carbonyl (C=O) groups is 1. The van der Waals surface area contributed by atoms with Crippen LogP contribution in [-0.2, 0) is 17.8 Å². The summed E-state index contributed by atoms with van der Waals surface area (Å²) in [6.07, 6.45) is 11.8. The highest BCUT2D eigenvalue weighted by Gasteiger charge is 2.25. The Kier molecular flexibility index (Phi) is 5.13. The summed E-state index contributed by atoms with van der Waals surface area (Å²) in [5, 5.41) is 13.0. The Morgan fingerprint density at radius 1 is 1.36 bits per heavy atom. The summed E-state index contributed by atoms with van der Waals surface area (Å²) in [5.41, 5.74) is 1.16. The summed E-state index contributed by atoms with van der Waals surface area (Å²) in [7, 11) is 0. The minimum atomic E-state index is -0.122. The molecule has 1 aliphatic heterocycles. The Morgan fingerprint density at radius 2 is 2.23 bits per heavy atom. The molecule has 2 N–H and O–H groups in total. The van der Waals surface area contributed by atoms with E-state index in [1.807, 2.05) is 12.5 Å². The maximum Gasteiger partial charge on any atom is 0.223 e. The van der Waals surface area contributed by atoms with E-state index in [0.717, 1.165) is 63.7 Å². The Morgan fingerprint density at radius 3 is 3.09 bits per heavy atom. The van der Waals surface area contributed by atoms with Crippen LogP contribution in [0.5, 0.6) is 0 Å². The Balaban J connectivity index is 1.36. The van der Waals surface area contributed by atoms with E-state index in [-0.39, 0.29) is 17.9 Å². The Labute approximate surface area is 132 Å². The molecule has 1 fully saturated rings. The lowest BCUT2D eigenvalue weighted by atomic mass is 9.83. The molecule has 3 unspecified atom stereocenters. The van der Waals surface area contributed by atoms with Crippen LogP contribution in [0.25, 0.3) is 0 Å². The van der Waals surface area contributed by atoms with Crippen LogP contribution in [0.1, 0.15) is 50.6 Å². The molecule has 3 atom stereocenters. The molecule has 2 aliphatic rings. The number of rotatable bonds is 5. The summed E-state index contributed by atoms with van der Waals surface area (Å²) in [6.45, 7) is 1.62. The van der Waals surface area contributed by atoms with Gasteiger partial charge in [-0.3, -0.25) is 4.79 Å². The fourth-order valence-electron chi connectivity index (χ4n) is 3.84. The Bertz CT molecular complexity index is 500. The van der Waals surface area contributed by atoms with Gasteiger partial charge < -0.3 is 15.0 Å². The van der Waals surface area contributed by atoms with Gasteiger partial charge in [-0.15, -0.1) is 0 Å². The number of aliphatic hydroxyl groups excluding tert-OH is 1. The predicted octanol–water partition coefficient (Wildman–Crippen LogP) is 1.89. The molecule has 1 aliphatic carbocycles. The molecule has 0 aromatic carbocycles. The van der Waals surface area contributed by atoms with Gasteiger partial charge in [0.15, 0.2) is 0 Å². The summed E-state index contributed by atoms with van der Waals surface area (Å²) in [4.78, 5) is 16.4. The zero-order chi connectivity index (χ0) is 15.4. The van der Waals surface area contributed by atoms with Crippen molar-refractivity contribution in [3.63, 3.8) is 0 Å². The van der Waals surface area contributed by atoms with Crippen LogP contribution in [0, 0.1) is 11.8 Å². The first-order chi connectivity index (χ1) is 10.7. The number of aliphatic hydroxyl groups is 1. The molecular formula is C17H27N3O2. The highest BCUT2D eigenvalue weighted by atomic mass is 16.3. The molecule has 2 heterocycles. The summed E-state index contributed by atoms with van der Waals surface area (Å²) in [6, 6.07) is 0. The van der Waals surface area contributed by atoms with Crippen molar-refractivity contribution >= 4 is 5.91 Å². The highest BCUT2D eigenvalue weighted by molar-refractivity contribution is 5.78. The van der Waals surface area contributed by atoms with Gasteiger partial charge in [0, 0.05) is 37.3 Å². The number of hydrogen-bond donors (Lipinski definition) is 2. The number of nitrogens with one attached hydrogen (secondary N) is 1. The minimum Gasteiger partial charge on any atom is -0.393 e. The van der Waals surface area contributed by atoms with E-state index >= 15 is 0 Å². The smallest absolute Gasteiger partial charge is 0.223 e. The molecule has 0 spiro atoms. The lowest BCUT2D eigenvalue weighted by Gasteiger charge is -2.27. The van der Waals surface area contributed by atoms with Gasteiger partial charge in [-0.1, -0.05) is 12.8 Å². The standard InChI is InChI=1S/C17H27N3O2/c21-16-6-2-1-4-13(16)5-3-8-19-17(22)14-7-9-20-12-18-11-15(20)10-14/h11-14,16,21H,1-10H2,(H,19,22). The average Bonchev–Trinajstić information content (AvgIpc) is 3.00. The molecule has 0 bridgehead atoms. The first kappa shape index (κ1) is 15.5. The zero-order valence-electron chi connectivity index (χ0n) is 13.2. The van der Waals surface area contributed by atoms with Crippen molar-refractivity contribution in [1.82, 2.24) is 14.9 Å². The first-order valence-electron chi connectivity index (χ1n) is 8.69. The van der Waals surface area contributed by atoms with Gasteiger partial charge in [0.05, 0.1) is 12.4 Å². The van der Waals surface area contributed by atoms with Gasteiger partial charge >= 0.3 is 0 Å². The number of imidazole rings is 1. The van der Waals surface area contributed by atoms with Crippen molar-refractivity contribution < 1.29 is 9.90 Å². The van der Waals surface area contributed by atoms with Crippen molar-refractivity contribution in [2.75, 3.05) is 6.54 Å². The van der Waals surface area contributed by atoms with E-state index in [1.165, 1.54) is 6.42 Å². The van der Waals surface area contributed by atoms with Crippen LogP contribution in [0.3, 0.4) is 0 Å². The third-order valence-corrected chi connectivity index (χ3v) is 5.26. The van der Waals surface area contributed by atoms with Gasteiger partial charge in [0.1, 0.15) is 0 Å². The fourth-order valence-corrected chi connectivity index (χ4v) is 3.84. The van der Waals surface area contributed by atoms with Gasteiger partial charge in [0.25, 0.3) is 0 Å². The second kappa shape index (κ2) is 7.27. The van der Waals surface area contributed by atoms with E-state index in [2.05, 4.69) is 14.9 Å². The maximum atomic E-state index is 12.3. The van der Waals surface area contributed by atoms with Crippen LogP contribution in [0.15, 0.2) is 12.5 Å². The van der Waals surface area contributed by atoms with Crippen molar-refractivity contribution in [2.45, 2.75) is 64.0 Å². The lowest BCUT2D eigenvalue weighted by Crippen LogP contribution is -2.36. The number of aryl methyl sites for hydroxylation is 1. The highest BCUT2D eigenvalue weighted by Crippen LogP contribution is 2.27. The van der Waals surface area contributed by atoms with Gasteiger partial charge in [0.2, 0.25) is 5.91 Å². The Hall–Kier alpha value is -1.36. The van der Waals surface area contributed by atoms with Crippen LogP contribution in [-0.4, -0.2) is 33.2 Å². The monoisotopic (exact) mass is 305 g/mol. The predicted molar refractivity (Wildman–Crippen MR) is 84.2 cm³/mol. The third-order valence-electron chi connectivity index (χ3n) is 5.26. The van der Waals surface area contributed by atoms with Crippen molar-refractivity contribution in [3.05, 3.63) is 18.2 Å². The summed E-state index contributed by atoms with van der Waals surface area (Å²) in [5.74, 6) is 0.704. The average molecular weight is 305 g/mol. The minimum absolute atomic E-state index is 0.0875. The quantitative estimate of drug-likeness (QED) is 0.816. The lowest BCUT2D eigenvalue weighted by molar-refractivity contribution is -0.125. The number of amides is 1. The van der Waals surface area contributed by atoms with E-state index in [9.17, 15) is 9.90 Å². The molecule has 5 nitrogen and oxygen atoms in total.